The van der Waals surface area contributed by atoms with Crippen molar-refractivity contribution in [2.45, 2.75) is 44.8 Å². The highest BCUT2D eigenvalue weighted by Crippen LogP contribution is 2.27. The zero-order valence-electron chi connectivity index (χ0n) is 9.93. The number of carbonyl (C=O) groups excluding carboxylic acids is 1. The van der Waals surface area contributed by atoms with Crippen LogP contribution < -0.4 is 5.73 Å². The van der Waals surface area contributed by atoms with Crippen molar-refractivity contribution in [3.8, 4) is 0 Å². The topological polar surface area (TPSA) is 66.6 Å². The fourth-order valence-corrected chi connectivity index (χ4v) is 2.86. The Balaban J connectivity index is 1.95. The molecule has 1 saturated carbocycles. The first kappa shape index (κ1) is 11.9. The first-order valence-electron chi connectivity index (χ1n) is 6.32. The smallest absolute Gasteiger partial charge is 0.227 e. The minimum Gasteiger partial charge on any atom is -0.393 e. The van der Waals surface area contributed by atoms with Crippen LogP contribution in [-0.2, 0) is 4.79 Å². The number of rotatable bonds is 1. The average Bonchev–Trinajstić information content (AvgIpc) is 2.67. The van der Waals surface area contributed by atoms with Gasteiger partial charge in [-0.15, -0.1) is 0 Å². The average molecular weight is 226 g/mol. The normalized spacial score (nSPS) is 40.1. The highest BCUT2D eigenvalue weighted by molar-refractivity contribution is 5.80. The first-order valence-corrected chi connectivity index (χ1v) is 6.32. The molecule has 0 aromatic rings. The van der Waals surface area contributed by atoms with Crippen molar-refractivity contribution >= 4 is 5.91 Å². The third-order valence-corrected chi connectivity index (χ3v) is 4.06. The van der Waals surface area contributed by atoms with Crippen LogP contribution in [0.4, 0.5) is 0 Å². The molecule has 4 heteroatoms. The highest BCUT2D eigenvalue weighted by atomic mass is 16.3. The molecule has 0 spiro atoms. The third-order valence-electron chi connectivity index (χ3n) is 4.06. The van der Waals surface area contributed by atoms with Gasteiger partial charge in [0.15, 0.2) is 0 Å². The van der Waals surface area contributed by atoms with Gasteiger partial charge < -0.3 is 15.7 Å². The van der Waals surface area contributed by atoms with Crippen molar-refractivity contribution in [2.75, 3.05) is 13.1 Å². The number of piperidine rings is 1. The molecule has 4 atom stereocenters. The fourth-order valence-electron chi connectivity index (χ4n) is 2.86. The lowest BCUT2D eigenvalue weighted by atomic mass is 9.94. The van der Waals surface area contributed by atoms with Crippen LogP contribution in [0, 0.1) is 11.8 Å². The van der Waals surface area contributed by atoms with E-state index in [2.05, 4.69) is 0 Å². The van der Waals surface area contributed by atoms with E-state index in [4.69, 9.17) is 5.73 Å². The molecule has 1 aliphatic carbocycles. The van der Waals surface area contributed by atoms with Crippen LogP contribution >= 0.6 is 0 Å². The molecule has 1 amide bonds. The molecule has 0 aromatic heterocycles. The Labute approximate surface area is 96.8 Å². The molecule has 0 radical (unpaired) electrons. The van der Waals surface area contributed by atoms with Crippen LogP contribution in [0.2, 0.25) is 0 Å². The predicted molar refractivity (Wildman–Crippen MR) is 61.7 cm³/mol. The zero-order chi connectivity index (χ0) is 11.7. The van der Waals surface area contributed by atoms with E-state index >= 15 is 0 Å². The maximum absolute atomic E-state index is 12.2. The van der Waals surface area contributed by atoms with E-state index in [0.717, 1.165) is 19.3 Å². The molecule has 2 fully saturated rings. The lowest BCUT2D eigenvalue weighted by Crippen LogP contribution is -2.49. The number of likely N-dealkylation sites (tertiary alicyclic amines) is 1. The van der Waals surface area contributed by atoms with Gasteiger partial charge in [-0.25, -0.2) is 0 Å². The van der Waals surface area contributed by atoms with E-state index in [1.54, 1.807) is 0 Å². The molecular formula is C12H22N2O2. The van der Waals surface area contributed by atoms with Gasteiger partial charge in [0.2, 0.25) is 5.91 Å². The molecule has 4 unspecified atom stereocenters. The SMILES string of the molecule is CC1CN(C(=O)C2CCCC2N)CCC1O. The summed E-state index contributed by atoms with van der Waals surface area (Å²) in [7, 11) is 0. The van der Waals surface area contributed by atoms with Crippen molar-refractivity contribution in [1.82, 2.24) is 4.90 Å². The quantitative estimate of drug-likeness (QED) is 0.677. The molecule has 3 N–H and O–H groups in total. The summed E-state index contributed by atoms with van der Waals surface area (Å²) in [6, 6.07) is 0.0506. The Morgan fingerprint density at radius 3 is 2.69 bits per heavy atom. The van der Waals surface area contributed by atoms with E-state index in [1.165, 1.54) is 0 Å². The summed E-state index contributed by atoms with van der Waals surface area (Å²) in [5.41, 5.74) is 5.95. The summed E-state index contributed by atoms with van der Waals surface area (Å²) < 4.78 is 0. The summed E-state index contributed by atoms with van der Waals surface area (Å²) in [6.07, 6.45) is 3.44. The lowest BCUT2D eigenvalue weighted by molar-refractivity contribution is -0.139. The van der Waals surface area contributed by atoms with Gasteiger partial charge in [-0.1, -0.05) is 13.3 Å². The number of carbonyl (C=O) groups is 1. The van der Waals surface area contributed by atoms with Crippen molar-refractivity contribution in [1.29, 1.82) is 0 Å². The van der Waals surface area contributed by atoms with Crippen LogP contribution in [0.25, 0.3) is 0 Å². The second-order valence-electron chi connectivity index (χ2n) is 5.32. The van der Waals surface area contributed by atoms with E-state index in [1.807, 2.05) is 11.8 Å². The van der Waals surface area contributed by atoms with Crippen LogP contribution in [0.1, 0.15) is 32.6 Å². The van der Waals surface area contributed by atoms with Gasteiger partial charge >= 0.3 is 0 Å². The van der Waals surface area contributed by atoms with Crippen molar-refractivity contribution in [3.63, 3.8) is 0 Å². The predicted octanol–water partition coefficient (Wildman–Crippen LogP) is 0.343. The number of hydrogen-bond acceptors (Lipinski definition) is 3. The standard InChI is InChI=1S/C12H22N2O2/c1-8-7-14(6-5-11(8)15)12(16)9-3-2-4-10(9)13/h8-11,15H,2-7,13H2,1H3. The molecule has 4 nitrogen and oxygen atoms in total. The zero-order valence-corrected chi connectivity index (χ0v) is 9.93. The molecule has 2 aliphatic rings. The summed E-state index contributed by atoms with van der Waals surface area (Å²) >= 11 is 0. The molecule has 92 valence electrons. The van der Waals surface area contributed by atoms with Gasteiger partial charge in [-0.05, 0) is 25.2 Å². The number of nitrogens with zero attached hydrogens (tertiary/aromatic N) is 1. The molecule has 1 heterocycles. The number of aliphatic hydroxyl groups excluding tert-OH is 1. The minimum atomic E-state index is -0.249. The molecule has 0 aromatic carbocycles. The highest BCUT2D eigenvalue weighted by Gasteiger charge is 2.36. The molecule has 1 saturated heterocycles. The Morgan fingerprint density at radius 2 is 2.12 bits per heavy atom. The van der Waals surface area contributed by atoms with Crippen molar-refractivity contribution in [2.24, 2.45) is 17.6 Å². The Bertz CT molecular complexity index is 270. The Hall–Kier alpha value is -0.610. The number of hydrogen-bond donors (Lipinski definition) is 2. The van der Waals surface area contributed by atoms with Crippen molar-refractivity contribution < 1.29 is 9.90 Å². The van der Waals surface area contributed by atoms with Gasteiger partial charge in [0, 0.05) is 19.1 Å². The molecule has 1 aliphatic heterocycles. The largest absolute Gasteiger partial charge is 0.393 e. The maximum Gasteiger partial charge on any atom is 0.227 e. The molecule has 2 rings (SSSR count). The summed E-state index contributed by atoms with van der Waals surface area (Å²) in [5.74, 6) is 0.432. The maximum atomic E-state index is 12.2. The van der Waals surface area contributed by atoms with E-state index in [0.29, 0.717) is 19.5 Å². The second-order valence-corrected chi connectivity index (χ2v) is 5.32. The van der Waals surface area contributed by atoms with Gasteiger partial charge in [-0.3, -0.25) is 4.79 Å². The number of aliphatic hydroxyl groups is 1. The fraction of sp³-hybridized carbons (Fsp3) is 0.917. The lowest BCUT2D eigenvalue weighted by Gasteiger charge is -2.36. The number of amides is 1. The van der Waals surface area contributed by atoms with Crippen LogP contribution in [0.5, 0.6) is 0 Å². The van der Waals surface area contributed by atoms with Crippen LogP contribution in [0.15, 0.2) is 0 Å². The number of nitrogens with two attached hydrogens (primary N) is 1. The van der Waals surface area contributed by atoms with Crippen LogP contribution in [-0.4, -0.2) is 41.1 Å². The van der Waals surface area contributed by atoms with Crippen LogP contribution in [0.3, 0.4) is 0 Å². The second kappa shape index (κ2) is 4.72. The Kier molecular flexibility index (Phi) is 3.50. The summed E-state index contributed by atoms with van der Waals surface area (Å²) in [4.78, 5) is 14.1. The van der Waals surface area contributed by atoms with Crippen molar-refractivity contribution in [3.05, 3.63) is 0 Å². The van der Waals surface area contributed by atoms with Gasteiger partial charge in [-0.2, -0.15) is 0 Å². The van der Waals surface area contributed by atoms with E-state index < -0.39 is 0 Å². The molecule has 16 heavy (non-hydrogen) atoms. The van der Waals surface area contributed by atoms with E-state index in [-0.39, 0.29) is 29.9 Å². The van der Waals surface area contributed by atoms with E-state index in [9.17, 15) is 9.90 Å². The molecular weight excluding hydrogens is 204 g/mol. The monoisotopic (exact) mass is 226 g/mol. The van der Waals surface area contributed by atoms with Gasteiger partial charge in [0.25, 0.3) is 0 Å². The third kappa shape index (κ3) is 2.23. The van der Waals surface area contributed by atoms with Gasteiger partial charge in [0.1, 0.15) is 0 Å². The first-order chi connectivity index (χ1) is 7.59. The minimum absolute atomic E-state index is 0.0300. The van der Waals surface area contributed by atoms with Gasteiger partial charge in [0.05, 0.1) is 12.0 Å². The summed E-state index contributed by atoms with van der Waals surface area (Å²) in [6.45, 7) is 3.37. The molecule has 0 bridgehead atoms. The summed E-state index contributed by atoms with van der Waals surface area (Å²) in [5, 5.41) is 9.63. The Morgan fingerprint density at radius 1 is 1.38 bits per heavy atom.